The molecule has 0 aliphatic carbocycles. The van der Waals surface area contributed by atoms with Crippen molar-refractivity contribution in [3.63, 3.8) is 0 Å². The second-order valence-electron chi connectivity index (χ2n) is 4.28. The summed E-state index contributed by atoms with van der Waals surface area (Å²) in [7, 11) is 1.68. The predicted octanol–water partition coefficient (Wildman–Crippen LogP) is 1.80. The van der Waals surface area contributed by atoms with Crippen molar-refractivity contribution in [1.29, 1.82) is 0 Å². The number of rotatable bonds is 2. The molecule has 0 saturated carbocycles. The SMILES string of the molecule is CNC(=O)[C@@H](C)CC(C)(C)C. The Balaban J connectivity index is 3.87. The van der Waals surface area contributed by atoms with Crippen LogP contribution >= 0.6 is 0 Å². The molecule has 0 aliphatic rings. The highest BCUT2D eigenvalue weighted by molar-refractivity contribution is 5.77. The first-order valence-corrected chi connectivity index (χ1v) is 4.08. The van der Waals surface area contributed by atoms with E-state index in [4.69, 9.17) is 0 Å². The zero-order chi connectivity index (χ0) is 9.07. The van der Waals surface area contributed by atoms with Crippen molar-refractivity contribution in [2.24, 2.45) is 11.3 Å². The van der Waals surface area contributed by atoms with Gasteiger partial charge >= 0.3 is 0 Å². The molecule has 0 bridgehead atoms. The van der Waals surface area contributed by atoms with Crippen molar-refractivity contribution in [1.82, 2.24) is 5.32 Å². The maximum Gasteiger partial charge on any atom is 0.222 e. The Labute approximate surface area is 69.4 Å². The van der Waals surface area contributed by atoms with Crippen molar-refractivity contribution < 1.29 is 4.79 Å². The minimum absolute atomic E-state index is 0.125. The molecule has 0 saturated heterocycles. The van der Waals surface area contributed by atoms with Crippen LogP contribution in [0.25, 0.3) is 0 Å². The van der Waals surface area contributed by atoms with Crippen LogP contribution in [-0.4, -0.2) is 13.0 Å². The maximum absolute atomic E-state index is 11.1. The lowest BCUT2D eigenvalue weighted by Crippen LogP contribution is -2.28. The van der Waals surface area contributed by atoms with Crippen molar-refractivity contribution in [3.8, 4) is 0 Å². The fraction of sp³-hybridized carbons (Fsp3) is 0.889. The highest BCUT2D eigenvalue weighted by Gasteiger charge is 2.19. The van der Waals surface area contributed by atoms with Gasteiger partial charge in [-0.05, 0) is 11.8 Å². The second kappa shape index (κ2) is 3.74. The van der Waals surface area contributed by atoms with Gasteiger partial charge in [0, 0.05) is 13.0 Å². The first-order chi connectivity index (χ1) is 4.87. The molecule has 2 nitrogen and oxygen atoms in total. The van der Waals surface area contributed by atoms with Crippen LogP contribution in [0.15, 0.2) is 0 Å². The molecule has 11 heavy (non-hydrogen) atoms. The van der Waals surface area contributed by atoms with Gasteiger partial charge in [-0.25, -0.2) is 0 Å². The van der Waals surface area contributed by atoms with Gasteiger partial charge in [0.2, 0.25) is 5.91 Å². The van der Waals surface area contributed by atoms with Crippen LogP contribution in [0.4, 0.5) is 0 Å². The van der Waals surface area contributed by atoms with Gasteiger partial charge in [-0.3, -0.25) is 4.79 Å². The van der Waals surface area contributed by atoms with Gasteiger partial charge in [0.15, 0.2) is 0 Å². The fourth-order valence-electron chi connectivity index (χ4n) is 1.26. The van der Waals surface area contributed by atoms with Crippen molar-refractivity contribution in [2.75, 3.05) is 7.05 Å². The van der Waals surface area contributed by atoms with Gasteiger partial charge in [0.1, 0.15) is 0 Å². The molecule has 0 aliphatic heterocycles. The normalized spacial score (nSPS) is 14.3. The molecular formula is C9H19NO. The summed E-state index contributed by atoms with van der Waals surface area (Å²) in [5.74, 6) is 0.264. The predicted molar refractivity (Wildman–Crippen MR) is 47.3 cm³/mol. The van der Waals surface area contributed by atoms with Crippen LogP contribution in [-0.2, 0) is 4.79 Å². The first-order valence-electron chi connectivity index (χ1n) is 4.08. The van der Waals surface area contributed by atoms with Crippen molar-refractivity contribution >= 4 is 5.91 Å². The van der Waals surface area contributed by atoms with E-state index >= 15 is 0 Å². The zero-order valence-electron chi connectivity index (χ0n) is 8.19. The molecule has 0 rings (SSSR count). The zero-order valence-corrected chi connectivity index (χ0v) is 8.19. The third-order valence-corrected chi connectivity index (χ3v) is 1.61. The van der Waals surface area contributed by atoms with Gasteiger partial charge in [-0.2, -0.15) is 0 Å². The van der Waals surface area contributed by atoms with Gasteiger partial charge in [0.25, 0.3) is 0 Å². The Morgan fingerprint density at radius 3 is 2.18 bits per heavy atom. The molecular weight excluding hydrogens is 138 g/mol. The van der Waals surface area contributed by atoms with Crippen LogP contribution in [0.2, 0.25) is 0 Å². The number of hydrogen-bond donors (Lipinski definition) is 1. The molecule has 0 heterocycles. The average Bonchev–Trinajstić information content (AvgIpc) is 1.82. The van der Waals surface area contributed by atoms with E-state index in [9.17, 15) is 4.79 Å². The second-order valence-corrected chi connectivity index (χ2v) is 4.28. The summed E-state index contributed by atoms with van der Waals surface area (Å²) in [5, 5.41) is 2.65. The third-order valence-electron chi connectivity index (χ3n) is 1.61. The fourth-order valence-corrected chi connectivity index (χ4v) is 1.26. The lowest BCUT2D eigenvalue weighted by atomic mass is 9.85. The number of nitrogens with one attached hydrogen (secondary N) is 1. The van der Waals surface area contributed by atoms with Gasteiger partial charge in [-0.1, -0.05) is 27.7 Å². The van der Waals surface area contributed by atoms with E-state index in [1.165, 1.54) is 0 Å². The molecule has 0 unspecified atom stereocenters. The third kappa shape index (κ3) is 4.82. The molecule has 66 valence electrons. The lowest BCUT2D eigenvalue weighted by Gasteiger charge is -2.21. The lowest BCUT2D eigenvalue weighted by molar-refractivity contribution is -0.124. The number of hydrogen-bond acceptors (Lipinski definition) is 1. The van der Waals surface area contributed by atoms with Gasteiger partial charge in [-0.15, -0.1) is 0 Å². The topological polar surface area (TPSA) is 29.1 Å². The van der Waals surface area contributed by atoms with Gasteiger partial charge in [0.05, 0.1) is 0 Å². The molecule has 0 radical (unpaired) electrons. The molecule has 1 N–H and O–H groups in total. The highest BCUT2D eigenvalue weighted by Crippen LogP contribution is 2.23. The molecule has 2 heteroatoms. The summed E-state index contributed by atoms with van der Waals surface area (Å²) in [6, 6.07) is 0. The molecule has 0 aromatic carbocycles. The Kier molecular flexibility index (Phi) is 3.56. The molecule has 1 amide bonds. The van der Waals surface area contributed by atoms with E-state index in [0.29, 0.717) is 0 Å². The van der Waals surface area contributed by atoms with Crippen LogP contribution in [0, 0.1) is 11.3 Å². The van der Waals surface area contributed by atoms with Crippen LogP contribution in [0.5, 0.6) is 0 Å². The summed E-state index contributed by atoms with van der Waals surface area (Å²) in [4.78, 5) is 11.1. The Morgan fingerprint density at radius 1 is 1.45 bits per heavy atom. The average molecular weight is 157 g/mol. The summed E-state index contributed by atoms with van der Waals surface area (Å²) < 4.78 is 0. The van der Waals surface area contributed by atoms with E-state index < -0.39 is 0 Å². The highest BCUT2D eigenvalue weighted by atomic mass is 16.1. The Bertz CT molecular complexity index is 135. The van der Waals surface area contributed by atoms with Gasteiger partial charge < -0.3 is 5.32 Å². The van der Waals surface area contributed by atoms with E-state index in [1.54, 1.807) is 7.05 Å². The summed E-state index contributed by atoms with van der Waals surface area (Å²) >= 11 is 0. The summed E-state index contributed by atoms with van der Waals surface area (Å²) in [5.41, 5.74) is 0.242. The van der Waals surface area contributed by atoms with E-state index in [2.05, 4.69) is 26.1 Å². The minimum Gasteiger partial charge on any atom is -0.359 e. The van der Waals surface area contributed by atoms with Crippen LogP contribution < -0.4 is 5.32 Å². The summed E-state index contributed by atoms with van der Waals surface area (Å²) in [6.45, 7) is 8.40. The molecule has 0 aromatic rings. The van der Waals surface area contributed by atoms with E-state index in [0.717, 1.165) is 6.42 Å². The van der Waals surface area contributed by atoms with E-state index in [-0.39, 0.29) is 17.2 Å². The molecule has 0 aromatic heterocycles. The van der Waals surface area contributed by atoms with Crippen LogP contribution in [0.1, 0.15) is 34.1 Å². The summed E-state index contributed by atoms with van der Waals surface area (Å²) in [6.07, 6.45) is 0.937. The number of carbonyl (C=O) groups is 1. The first kappa shape index (κ1) is 10.5. The van der Waals surface area contributed by atoms with Crippen molar-refractivity contribution in [3.05, 3.63) is 0 Å². The molecule has 0 spiro atoms. The Hall–Kier alpha value is -0.530. The monoisotopic (exact) mass is 157 g/mol. The maximum atomic E-state index is 11.1. The standard InChI is InChI=1S/C9H19NO/c1-7(8(11)10-5)6-9(2,3)4/h7H,6H2,1-5H3,(H,10,11)/t7-/m0/s1. The number of carbonyl (C=O) groups excluding carboxylic acids is 1. The molecule has 1 atom stereocenters. The van der Waals surface area contributed by atoms with Crippen molar-refractivity contribution in [2.45, 2.75) is 34.1 Å². The quantitative estimate of drug-likeness (QED) is 0.650. The minimum atomic E-state index is 0.125. The smallest absolute Gasteiger partial charge is 0.222 e. The van der Waals surface area contributed by atoms with Crippen LogP contribution in [0.3, 0.4) is 0 Å². The number of amides is 1. The van der Waals surface area contributed by atoms with E-state index in [1.807, 2.05) is 6.92 Å². The largest absolute Gasteiger partial charge is 0.359 e. The molecule has 0 fully saturated rings. The Morgan fingerprint density at radius 2 is 1.91 bits per heavy atom.